The van der Waals surface area contributed by atoms with Crippen LogP contribution in [0, 0.1) is 0 Å². The predicted molar refractivity (Wildman–Crippen MR) is 107 cm³/mol. The molecule has 0 aliphatic carbocycles. The SMILES string of the molecule is COc1ccc2c(c1)C(C(=O)Nc1cc3c(c(OC)c1)OC(C)(C)C3)=CCO2. The van der Waals surface area contributed by atoms with Crippen molar-refractivity contribution in [3.05, 3.63) is 47.5 Å². The van der Waals surface area contributed by atoms with Gasteiger partial charge >= 0.3 is 0 Å². The zero-order valence-electron chi connectivity index (χ0n) is 16.4. The number of hydrogen-bond donors (Lipinski definition) is 1. The van der Waals surface area contributed by atoms with Gasteiger partial charge in [-0.25, -0.2) is 0 Å². The first-order chi connectivity index (χ1) is 13.4. The Morgan fingerprint density at radius 2 is 1.96 bits per heavy atom. The molecule has 2 heterocycles. The van der Waals surface area contributed by atoms with Crippen molar-refractivity contribution in [1.82, 2.24) is 0 Å². The number of nitrogens with one attached hydrogen (secondary N) is 1. The standard InChI is InChI=1S/C22H23NO5/c1-22(2)12-13-9-14(10-19(26-4)20(13)28-22)23-21(24)16-7-8-27-18-6-5-15(25-3)11-17(16)18/h5-7,9-11H,8,12H2,1-4H3,(H,23,24). The highest BCUT2D eigenvalue weighted by atomic mass is 16.5. The minimum atomic E-state index is -0.295. The second kappa shape index (κ2) is 6.78. The van der Waals surface area contributed by atoms with Crippen LogP contribution in [-0.4, -0.2) is 32.3 Å². The molecule has 0 radical (unpaired) electrons. The van der Waals surface area contributed by atoms with Crippen LogP contribution in [0.25, 0.3) is 5.57 Å². The molecule has 6 nitrogen and oxygen atoms in total. The van der Waals surface area contributed by atoms with Crippen molar-refractivity contribution in [2.45, 2.75) is 25.9 Å². The predicted octanol–water partition coefficient (Wildman–Crippen LogP) is 3.83. The number of ether oxygens (including phenoxy) is 4. The highest BCUT2D eigenvalue weighted by Gasteiger charge is 2.33. The van der Waals surface area contributed by atoms with Crippen LogP contribution in [0.4, 0.5) is 5.69 Å². The number of carbonyl (C=O) groups excluding carboxylic acids is 1. The maximum Gasteiger partial charge on any atom is 0.256 e. The number of carbonyl (C=O) groups is 1. The fourth-order valence-corrected chi connectivity index (χ4v) is 3.61. The van der Waals surface area contributed by atoms with Crippen molar-refractivity contribution in [3.8, 4) is 23.0 Å². The number of rotatable bonds is 4. The molecule has 6 heteroatoms. The first-order valence-corrected chi connectivity index (χ1v) is 9.13. The van der Waals surface area contributed by atoms with Gasteiger partial charge in [0.25, 0.3) is 5.91 Å². The molecule has 4 rings (SSSR count). The molecule has 2 aromatic rings. The molecule has 0 fully saturated rings. The lowest BCUT2D eigenvalue weighted by Gasteiger charge is -2.19. The van der Waals surface area contributed by atoms with E-state index in [1.54, 1.807) is 32.4 Å². The lowest BCUT2D eigenvalue weighted by Crippen LogP contribution is -2.24. The number of fused-ring (bicyclic) bond motifs is 2. The van der Waals surface area contributed by atoms with Crippen LogP contribution in [0.3, 0.4) is 0 Å². The van der Waals surface area contributed by atoms with Crippen molar-refractivity contribution >= 4 is 17.2 Å². The van der Waals surface area contributed by atoms with Gasteiger partial charge in [-0.2, -0.15) is 0 Å². The average Bonchev–Trinajstić information content (AvgIpc) is 3.00. The Balaban J connectivity index is 1.63. The second-order valence-corrected chi connectivity index (χ2v) is 7.45. The summed E-state index contributed by atoms with van der Waals surface area (Å²) in [6.45, 7) is 4.40. The fourth-order valence-electron chi connectivity index (χ4n) is 3.61. The lowest BCUT2D eigenvalue weighted by molar-refractivity contribution is -0.111. The third-order valence-electron chi connectivity index (χ3n) is 4.85. The first kappa shape index (κ1) is 18.2. The number of benzene rings is 2. The Bertz CT molecular complexity index is 977. The second-order valence-electron chi connectivity index (χ2n) is 7.45. The van der Waals surface area contributed by atoms with Crippen molar-refractivity contribution < 1.29 is 23.7 Å². The summed E-state index contributed by atoms with van der Waals surface area (Å²) in [4.78, 5) is 13.0. The molecule has 0 unspecified atom stereocenters. The lowest BCUT2D eigenvalue weighted by atomic mass is 10.00. The van der Waals surface area contributed by atoms with Gasteiger partial charge in [-0.1, -0.05) is 0 Å². The first-order valence-electron chi connectivity index (χ1n) is 9.13. The highest BCUT2D eigenvalue weighted by Crippen LogP contribution is 2.44. The Kier molecular flexibility index (Phi) is 4.41. The summed E-state index contributed by atoms with van der Waals surface area (Å²) in [6, 6.07) is 9.15. The number of anilines is 1. The van der Waals surface area contributed by atoms with Crippen LogP contribution in [0.15, 0.2) is 36.4 Å². The van der Waals surface area contributed by atoms with Gasteiger partial charge in [0.15, 0.2) is 11.5 Å². The van der Waals surface area contributed by atoms with Crippen molar-refractivity contribution in [3.63, 3.8) is 0 Å². The summed E-state index contributed by atoms with van der Waals surface area (Å²) >= 11 is 0. The van der Waals surface area contributed by atoms with Crippen molar-refractivity contribution in [2.75, 3.05) is 26.1 Å². The van der Waals surface area contributed by atoms with Crippen molar-refractivity contribution in [2.24, 2.45) is 0 Å². The molecular formula is C22H23NO5. The summed E-state index contributed by atoms with van der Waals surface area (Å²) in [5, 5.41) is 2.98. The summed E-state index contributed by atoms with van der Waals surface area (Å²) in [5.41, 5.74) is 2.65. The summed E-state index contributed by atoms with van der Waals surface area (Å²) < 4.78 is 22.4. The Morgan fingerprint density at radius 3 is 2.71 bits per heavy atom. The number of amides is 1. The Hall–Kier alpha value is -3.15. The van der Waals surface area contributed by atoms with Crippen LogP contribution in [0.2, 0.25) is 0 Å². The zero-order chi connectivity index (χ0) is 19.9. The monoisotopic (exact) mass is 381 g/mol. The van der Waals surface area contributed by atoms with E-state index in [1.165, 1.54) is 0 Å². The fraction of sp³-hybridized carbons (Fsp3) is 0.318. The van der Waals surface area contributed by atoms with Crippen molar-refractivity contribution in [1.29, 1.82) is 0 Å². The molecule has 146 valence electrons. The van der Waals surface area contributed by atoms with Crippen LogP contribution in [-0.2, 0) is 11.2 Å². The van der Waals surface area contributed by atoms with E-state index >= 15 is 0 Å². The minimum absolute atomic E-state index is 0.210. The van der Waals surface area contributed by atoms with Crippen LogP contribution < -0.4 is 24.3 Å². The van der Waals surface area contributed by atoms with E-state index in [0.29, 0.717) is 40.7 Å². The van der Waals surface area contributed by atoms with Gasteiger partial charge in [-0.15, -0.1) is 0 Å². The van der Waals surface area contributed by atoms with E-state index in [-0.39, 0.29) is 11.5 Å². The molecule has 0 spiro atoms. The number of hydrogen-bond acceptors (Lipinski definition) is 5. The molecule has 0 saturated heterocycles. The maximum absolute atomic E-state index is 13.0. The topological polar surface area (TPSA) is 66.0 Å². The normalized spacial score (nSPS) is 16.1. The third kappa shape index (κ3) is 3.26. The molecule has 0 saturated carbocycles. The molecule has 0 atom stereocenters. The van der Waals surface area contributed by atoms with E-state index < -0.39 is 0 Å². The quantitative estimate of drug-likeness (QED) is 0.872. The van der Waals surface area contributed by atoms with E-state index in [2.05, 4.69) is 5.32 Å². The van der Waals surface area contributed by atoms with Gasteiger partial charge in [-0.3, -0.25) is 4.79 Å². The Morgan fingerprint density at radius 1 is 1.14 bits per heavy atom. The smallest absolute Gasteiger partial charge is 0.256 e. The molecule has 28 heavy (non-hydrogen) atoms. The van der Waals surface area contributed by atoms with Gasteiger partial charge in [0.2, 0.25) is 0 Å². The Labute approximate surface area is 164 Å². The average molecular weight is 381 g/mol. The largest absolute Gasteiger partial charge is 0.497 e. The molecular weight excluding hydrogens is 358 g/mol. The van der Waals surface area contributed by atoms with Crippen LogP contribution in [0.1, 0.15) is 25.0 Å². The zero-order valence-corrected chi connectivity index (χ0v) is 16.4. The molecule has 1 N–H and O–H groups in total. The van der Waals surface area contributed by atoms with E-state index in [0.717, 1.165) is 17.7 Å². The molecule has 0 aromatic heterocycles. The van der Waals surface area contributed by atoms with Gasteiger partial charge in [-0.05, 0) is 44.2 Å². The molecule has 0 bridgehead atoms. The molecule has 2 aliphatic heterocycles. The van der Waals surface area contributed by atoms with Crippen LogP contribution >= 0.6 is 0 Å². The summed E-state index contributed by atoms with van der Waals surface area (Å²) in [6.07, 6.45) is 2.52. The maximum atomic E-state index is 13.0. The van der Waals surface area contributed by atoms with Gasteiger partial charge < -0.3 is 24.3 Å². The molecule has 1 amide bonds. The van der Waals surface area contributed by atoms with Gasteiger partial charge in [0, 0.05) is 29.3 Å². The number of methoxy groups -OCH3 is 2. The third-order valence-corrected chi connectivity index (χ3v) is 4.85. The van der Waals surface area contributed by atoms with E-state index in [1.807, 2.05) is 32.0 Å². The van der Waals surface area contributed by atoms with Gasteiger partial charge in [0.1, 0.15) is 23.7 Å². The van der Waals surface area contributed by atoms with Gasteiger partial charge in [0.05, 0.1) is 19.8 Å². The minimum Gasteiger partial charge on any atom is -0.497 e. The van der Waals surface area contributed by atoms with E-state index in [9.17, 15) is 4.79 Å². The summed E-state index contributed by atoms with van der Waals surface area (Å²) in [5.74, 6) is 2.47. The summed E-state index contributed by atoms with van der Waals surface area (Å²) in [7, 11) is 3.19. The molecule has 2 aromatic carbocycles. The van der Waals surface area contributed by atoms with E-state index in [4.69, 9.17) is 18.9 Å². The van der Waals surface area contributed by atoms with Crippen LogP contribution in [0.5, 0.6) is 23.0 Å². The highest BCUT2D eigenvalue weighted by molar-refractivity contribution is 6.26. The molecule has 2 aliphatic rings.